The van der Waals surface area contributed by atoms with Crippen molar-refractivity contribution in [2.75, 3.05) is 12.0 Å². The van der Waals surface area contributed by atoms with Gasteiger partial charge in [0, 0.05) is 34.5 Å². The molecule has 1 aliphatic heterocycles. The molecule has 1 amide bonds. The first kappa shape index (κ1) is 20.2. The van der Waals surface area contributed by atoms with Crippen molar-refractivity contribution >= 4 is 45.4 Å². The molecule has 1 aliphatic rings. The number of nitrogens with zero attached hydrogens (tertiary/aromatic N) is 3. The van der Waals surface area contributed by atoms with E-state index >= 15 is 0 Å². The van der Waals surface area contributed by atoms with Crippen molar-refractivity contribution in [2.24, 2.45) is 0 Å². The van der Waals surface area contributed by atoms with E-state index in [4.69, 9.17) is 10.1 Å². The van der Waals surface area contributed by atoms with Crippen LogP contribution < -0.4 is 9.64 Å². The number of nitrogens with one attached hydrogen (secondary N) is 2. The molecule has 2 aromatic carbocycles. The van der Waals surface area contributed by atoms with Gasteiger partial charge in [-0.25, -0.2) is 9.88 Å². The second-order valence-corrected chi connectivity index (χ2v) is 8.74. The molecule has 0 spiro atoms. The van der Waals surface area contributed by atoms with Gasteiger partial charge >= 0.3 is 0 Å². The van der Waals surface area contributed by atoms with Crippen molar-refractivity contribution in [1.29, 1.82) is 5.41 Å². The highest BCUT2D eigenvalue weighted by Gasteiger charge is 2.35. The van der Waals surface area contributed by atoms with E-state index in [0.717, 1.165) is 45.5 Å². The average Bonchev–Trinajstić information content (AvgIpc) is 3.56. The second-order valence-electron chi connectivity index (χ2n) is 6.84. The number of amidine groups is 1. The van der Waals surface area contributed by atoms with Crippen LogP contribution in [-0.4, -0.2) is 33.4 Å². The van der Waals surface area contributed by atoms with E-state index in [0.29, 0.717) is 10.0 Å². The number of carbonyl (C=O) groups is 1. The fourth-order valence-corrected chi connectivity index (χ4v) is 5.00. The van der Waals surface area contributed by atoms with Gasteiger partial charge in [-0.2, -0.15) is 5.10 Å². The lowest BCUT2D eigenvalue weighted by molar-refractivity contribution is -0.113. The maximum atomic E-state index is 12.9. The number of hydrogen-bond acceptors (Lipinski definition) is 7. The molecule has 3 heterocycles. The lowest BCUT2D eigenvalue weighted by Gasteiger charge is -2.09. The number of hydrogen-bond donors (Lipinski definition) is 2. The number of carbonyl (C=O) groups excluding carboxylic acids is 1. The predicted molar refractivity (Wildman–Crippen MR) is 129 cm³/mol. The molecule has 4 aromatic rings. The molecule has 7 nitrogen and oxygen atoms in total. The molecule has 0 radical (unpaired) electrons. The molecule has 158 valence electrons. The lowest BCUT2D eigenvalue weighted by Crippen LogP contribution is -2.27. The fraction of sp³-hybridized carbons (Fsp3) is 0.0435. The summed E-state index contributed by atoms with van der Waals surface area (Å²) in [6.07, 6.45) is 5.14. The van der Waals surface area contributed by atoms with E-state index in [-0.39, 0.29) is 11.1 Å². The normalized spacial score (nSPS) is 15.0. The van der Waals surface area contributed by atoms with Crippen molar-refractivity contribution in [2.45, 2.75) is 0 Å². The Labute approximate surface area is 192 Å². The first-order valence-corrected chi connectivity index (χ1v) is 11.3. The summed E-state index contributed by atoms with van der Waals surface area (Å²) in [7, 11) is 1.66. The minimum Gasteiger partial charge on any atom is -0.496 e. The van der Waals surface area contributed by atoms with Gasteiger partial charge in [-0.1, -0.05) is 42.5 Å². The number of amides is 1. The van der Waals surface area contributed by atoms with E-state index in [1.807, 2.05) is 48.5 Å². The Bertz CT molecular complexity index is 1330. The average molecular weight is 460 g/mol. The maximum absolute atomic E-state index is 12.9. The zero-order valence-corrected chi connectivity index (χ0v) is 18.5. The Morgan fingerprint density at radius 1 is 1.12 bits per heavy atom. The van der Waals surface area contributed by atoms with Crippen LogP contribution in [0.2, 0.25) is 0 Å². The van der Waals surface area contributed by atoms with Crippen LogP contribution >= 0.6 is 23.1 Å². The third-order valence-corrected chi connectivity index (χ3v) is 6.61. The van der Waals surface area contributed by atoms with Crippen molar-refractivity contribution in [3.63, 3.8) is 0 Å². The van der Waals surface area contributed by atoms with Gasteiger partial charge in [0.05, 0.1) is 17.7 Å². The molecule has 0 bridgehead atoms. The standard InChI is InChI=1S/C23H17N5O2S2/c1-30-18-5-3-2-4-17(18)14-6-8-15(9-7-14)20-16(13-26-27-20)12-19-21(29)28(22(24)32-19)23-25-10-11-31-23/h2-13,24H,1H3,(H,26,27)/b19-12-,24-22?. The van der Waals surface area contributed by atoms with Crippen LogP contribution in [0.3, 0.4) is 0 Å². The van der Waals surface area contributed by atoms with E-state index in [2.05, 4.69) is 15.2 Å². The molecule has 2 aromatic heterocycles. The molecule has 0 saturated carbocycles. The Balaban J connectivity index is 1.44. The minimum absolute atomic E-state index is 0.141. The maximum Gasteiger partial charge on any atom is 0.273 e. The largest absolute Gasteiger partial charge is 0.496 e. The van der Waals surface area contributed by atoms with Crippen LogP contribution in [-0.2, 0) is 4.79 Å². The van der Waals surface area contributed by atoms with E-state index in [9.17, 15) is 4.79 Å². The Hall–Kier alpha value is -3.69. The Kier molecular flexibility index (Phi) is 5.34. The van der Waals surface area contributed by atoms with Crippen molar-refractivity contribution < 1.29 is 9.53 Å². The number of aromatic amines is 1. The summed E-state index contributed by atoms with van der Waals surface area (Å²) in [5.41, 5.74) is 4.48. The summed E-state index contributed by atoms with van der Waals surface area (Å²) >= 11 is 2.44. The minimum atomic E-state index is -0.256. The smallest absolute Gasteiger partial charge is 0.273 e. The SMILES string of the molecule is COc1ccccc1-c1ccc(-c2n[nH]cc2/C=C2\SC(=N)N(c3nccs3)C2=O)cc1. The number of ether oxygens (including phenoxy) is 1. The number of para-hydroxylation sites is 1. The molecule has 1 fully saturated rings. The number of aromatic nitrogens is 3. The fourth-order valence-electron chi connectivity index (χ4n) is 3.46. The van der Waals surface area contributed by atoms with Gasteiger partial charge in [0.2, 0.25) is 0 Å². The number of thiazole rings is 1. The van der Waals surface area contributed by atoms with Crippen LogP contribution in [0, 0.1) is 5.41 Å². The van der Waals surface area contributed by atoms with Crippen molar-refractivity contribution in [3.8, 4) is 28.1 Å². The monoisotopic (exact) mass is 459 g/mol. The van der Waals surface area contributed by atoms with Gasteiger partial charge in [-0.15, -0.1) is 11.3 Å². The number of benzene rings is 2. The zero-order chi connectivity index (χ0) is 22.1. The number of methoxy groups -OCH3 is 1. The highest BCUT2D eigenvalue weighted by molar-refractivity contribution is 8.19. The van der Waals surface area contributed by atoms with Crippen LogP contribution in [0.15, 0.2) is 71.2 Å². The first-order chi connectivity index (χ1) is 15.7. The Morgan fingerprint density at radius 3 is 2.66 bits per heavy atom. The molecule has 0 atom stereocenters. The van der Waals surface area contributed by atoms with Crippen molar-refractivity contribution in [3.05, 3.63) is 76.8 Å². The van der Waals surface area contributed by atoms with Crippen LogP contribution in [0.1, 0.15) is 5.56 Å². The predicted octanol–water partition coefficient (Wildman–Crippen LogP) is 5.26. The van der Waals surface area contributed by atoms with Crippen LogP contribution in [0.5, 0.6) is 5.75 Å². The topological polar surface area (TPSA) is 95.0 Å². The summed E-state index contributed by atoms with van der Waals surface area (Å²) in [6, 6.07) is 15.9. The molecule has 0 unspecified atom stereocenters. The van der Waals surface area contributed by atoms with Crippen LogP contribution in [0.25, 0.3) is 28.5 Å². The molecule has 5 rings (SSSR count). The molecular weight excluding hydrogens is 442 g/mol. The van der Waals surface area contributed by atoms with Gasteiger partial charge in [0.25, 0.3) is 5.91 Å². The molecule has 1 saturated heterocycles. The molecule has 2 N–H and O–H groups in total. The molecule has 0 aliphatic carbocycles. The van der Waals surface area contributed by atoms with Gasteiger partial charge in [0.15, 0.2) is 10.3 Å². The van der Waals surface area contributed by atoms with Gasteiger partial charge in [-0.05, 0) is 29.5 Å². The third kappa shape index (κ3) is 3.61. The van der Waals surface area contributed by atoms with Gasteiger partial charge in [-0.3, -0.25) is 15.3 Å². The van der Waals surface area contributed by atoms with E-state index < -0.39 is 0 Å². The lowest BCUT2D eigenvalue weighted by atomic mass is 10.0. The van der Waals surface area contributed by atoms with E-state index in [1.165, 1.54) is 16.2 Å². The quantitative estimate of drug-likeness (QED) is 0.397. The van der Waals surface area contributed by atoms with Gasteiger partial charge in [0.1, 0.15) is 5.75 Å². The molecule has 32 heavy (non-hydrogen) atoms. The second kappa shape index (κ2) is 8.45. The summed E-state index contributed by atoms with van der Waals surface area (Å²) in [6.45, 7) is 0. The Morgan fingerprint density at radius 2 is 1.91 bits per heavy atom. The summed E-state index contributed by atoms with van der Waals surface area (Å²) in [5, 5.41) is 17.9. The van der Waals surface area contributed by atoms with E-state index in [1.54, 1.807) is 31.0 Å². The molecule has 9 heteroatoms. The first-order valence-electron chi connectivity index (χ1n) is 9.65. The highest BCUT2D eigenvalue weighted by atomic mass is 32.2. The number of anilines is 1. The summed E-state index contributed by atoms with van der Waals surface area (Å²) in [5.74, 6) is 0.558. The number of H-pyrrole nitrogens is 1. The summed E-state index contributed by atoms with van der Waals surface area (Å²) in [4.78, 5) is 18.8. The van der Waals surface area contributed by atoms with Crippen LogP contribution in [0.4, 0.5) is 5.13 Å². The summed E-state index contributed by atoms with van der Waals surface area (Å²) < 4.78 is 5.47. The third-order valence-electron chi connectivity index (χ3n) is 4.97. The number of thioether (sulfide) groups is 1. The molecular formula is C23H17N5O2S2. The van der Waals surface area contributed by atoms with Gasteiger partial charge < -0.3 is 4.74 Å². The number of rotatable bonds is 5. The zero-order valence-electron chi connectivity index (χ0n) is 16.9. The highest BCUT2D eigenvalue weighted by Crippen LogP contribution is 2.37. The van der Waals surface area contributed by atoms with Crippen molar-refractivity contribution in [1.82, 2.24) is 15.2 Å².